The minimum atomic E-state index is -0.531. The Bertz CT molecular complexity index is 793. The average molecular weight is 390 g/mol. The van der Waals surface area contributed by atoms with Crippen molar-refractivity contribution in [3.8, 4) is 0 Å². The smallest absolute Gasteiger partial charge is 0.239 e. The zero-order valence-corrected chi connectivity index (χ0v) is 16.4. The maximum atomic E-state index is 12.8. The Morgan fingerprint density at radius 3 is 2.70 bits per heavy atom. The molecule has 1 unspecified atom stereocenters. The Labute approximate surface area is 165 Å². The monoisotopic (exact) mass is 389 g/mol. The van der Waals surface area contributed by atoms with Gasteiger partial charge in [-0.2, -0.15) is 5.10 Å². The number of hydrogen-bond acceptors (Lipinski definition) is 4. The second kappa shape index (κ2) is 8.17. The molecule has 2 saturated heterocycles. The molecule has 146 valence electrons. The van der Waals surface area contributed by atoms with Crippen molar-refractivity contribution in [3.05, 3.63) is 28.9 Å². The number of aromatic amines is 1. The molecule has 0 radical (unpaired) electrons. The molecular formula is C20H28ClN5O. The van der Waals surface area contributed by atoms with Gasteiger partial charge in [0.1, 0.15) is 0 Å². The molecule has 2 fully saturated rings. The minimum absolute atomic E-state index is 0.0514. The highest BCUT2D eigenvalue weighted by Gasteiger charge is 2.29. The van der Waals surface area contributed by atoms with E-state index >= 15 is 0 Å². The number of nitrogens with two attached hydrogens (primary N) is 1. The third-order valence-electron chi connectivity index (χ3n) is 6.02. The number of nitrogens with one attached hydrogen (secondary N) is 1. The second-order valence-corrected chi connectivity index (χ2v) is 8.28. The zero-order valence-electron chi connectivity index (χ0n) is 15.7. The van der Waals surface area contributed by atoms with Gasteiger partial charge in [-0.05, 0) is 62.9 Å². The van der Waals surface area contributed by atoms with Gasteiger partial charge in [-0.25, -0.2) is 0 Å². The van der Waals surface area contributed by atoms with Gasteiger partial charge in [0.2, 0.25) is 5.91 Å². The Morgan fingerprint density at radius 2 is 1.96 bits per heavy atom. The molecule has 3 N–H and O–H groups in total. The van der Waals surface area contributed by atoms with E-state index in [0.717, 1.165) is 42.4 Å². The van der Waals surface area contributed by atoms with E-state index < -0.39 is 6.04 Å². The van der Waals surface area contributed by atoms with Crippen LogP contribution >= 0.6 is 11.6 Å². The summed E-state index contributed by atoms with van der Waals surface area (Å²) in [5.41, 5.74) is 8.05. The lowest BCUT2D eigenvalue weighted by Crippen LogP contribution is -2.52. The van der Waals surface area contributed by atoms with Crippen LogP contribution in [-0.2, 0) is 11.2 Å². The standard InChI is InChI=1S/C20H28ClN5O/c21-17-11-14(10-15-13-23-24-19(15)17)12-18(22)20(27)26-8-4-16(5-9-26)25-6-2-1-3-7-25/h10-11,13,16,18H,1-9,12,22H2,(H,23,24). The van der Waals surface area contributed by atoms with Crippen LogP contribution in [0.5, 0.6) is 0 Å². The van der Waals surface area contributed by atoms with Crippen molar-refractivity contribution in [2.24, 2.45) is 5.73 Å². The van der Waals surface area contributed by atoms with Crippen LogP contribution in [0.15, 0.2) is 18.3 Å². The maximum absolute atomic E-state index is 12.8. The topological polar surface area (TPSA) is 78.2 Å². The van der Waals surface area contributed by atoms with Gasteiger partial charge in [-0.1, -0.05) is 18.0 Å². The van der Waals surface area contributed by atoms with E-state index in [0.29, 0.717) is 17.5 Å². The van der Waals surface area contributed by atoms with Crippen LogP contribution in [-0.4, -0.2) is 64.2 Å². The number of carbonyl (C=O) groups excluding carboxylic acids is 1. The quantitative estimate of drug-likeness (QED) is 0.842. The lowest BCUT2D eigenvalue weighted by atomic mass is 9.98. The fourth-order valence-corrected chi connectivity index (χ4v) is 4.79. The van der Waals surface area contributed by atoms with Crippen LogP contribution in [0, 0.1) is 0 Å². The number of rotatable bonds is 4. The van der Waals surface area contributed by atoms with Crippen molar-refractivity contribution >= 4 is 28.4 Å². The Morgan fingerprint density at radius 1 is 1.22 bits per heavy atom. The normalized spacial score (nSPS) is 20.9. The number of aromatic nitrogens is 2. The van der Waals surface area contributed by atoms with Gasteiger partial charge in [0.05, 0.1) is 22.8 Å². The van der Waals surface area contributed by atoms with E-state index in [4.69, 9.17) is 17.3 Å². The van der Waals surface area contributed by atoms with Crippen molar-refractivity contribution in [2.45, 2.75) is 50.6 Å². The van der Waals surface area contributed by atoms with Crippen LogP contribution < -0.4 is 5.73 Å². The fraction of sp³-hybridized carbons (Fsp3) is 0.600. The number of carbonyl (C=O) groups is 1. The van der Waals surface area contributed by atoms with Crippen molar-refractivity contribution in [1.82, 2.24) is 20.0 Å². The highest BCUT2D eigenvalue weighted by molar-refractivity contribution is 6.35. The molecule has 2 aromatic rings. The number of H-pyrrole nitrogens is 1. The molecule has 0 saturated carbocycles. The minimum Gasteiger partial charge on any atom is -0.341 e. The van der Waals surface area contributed by atoms with Crippen LogP contribution in [0.3, 0.4) is 0 Å². The number of amides is 1. The summed E-state index contributed by atoms with van der Waals surface area (Å²) in [5, 5.41) is 8.46. The van der Waals surface area contributed by atoms with Crippen LogP contribution in [0.1, 0.15) is 37.7 Å². The second-order valence-electron chi connectivity index (χ2n) is 7.88. The summed E-state index contributed by atoms with van der Waals surface area (Å²) in [6, 6.07) is 3.97. The lowest BCUT2D eigenvalue weighted by Gasteiger charge is -2.40. The number of halogens is 1. The first kappa shape index (κ1) is 18.7. The number of benzene rings is 1. The summed E-state index contributed by atoms with van der Waals surface area (Å²) in [7, 11) is 0. The molecule has 7 heteroatoms. The van der Waals surface area contributed by atoms with E-state index in [9.17, 15) is 4.79 Å². The molecule has 0 aliphatic carbocycles. The van der Waals surface area contributed by atoms with E-state index in [1.54, 1.807) is 6.20 Å². The number of hydrogen-bond donors (Lipinski definition) is 2. The van der Waals surface area contributed by atoms with Crippen molar-refractivity contribution in [1.29, 1.82) is 0 Å². The third kappa shape index (κ3) is 4.13. The Balaban J connectivity index is 1.33. The maximum Gasteiger partial charge on any atom is 0.239 e. The van der Waals surface area contributed by atoms with Crippen molar-refractivity contribution in [3.63, 3.8) is 0 Å². The predicted molar refractivity (Wildman–Crippen MR) is 108 cm³/mol. The van der Waals surface area contributed by atoms with Crippen molar-refractivity contribution < 1.29 is 4.79 Å². The largest absolute Gasteiger partial charge is 0.341 e. The molecule has 2 aliphatic rings. The molecule has 1 aromatic carbocycles. The van der Waals surface area contributed by atoms with Gasteiger partial charge >= 0.3 is 0 Å². The summed E-state index contributed by atoms with van der Waals surface area (Å²) >= 11 is 6.29. The van der Waals surface area contributed by atoms with Gasteiger partial charge in [0.25, 0.3) is 0 Å². The molecule has 4 rings (SSSR count). The molecule has 3 heterocycles. The summed E-state index contributed by atoms with van der Waals surface area (Å²) in [4.78, 5) is 17.4. The Kier molecular flexibility index (Phi) is 5.66. The summed E-state index contributed by atoms with van der Waals surface area (Å²) in [6.45, 7) is 4.06. The highest BCUT2D eigenvalue weighted by atomic mass is 35.5. The molecule has 0 bridgehead atoms. The fourth-order valence-electron chi connectivity index (χ4n) is 4.50. The number of likely N-dealkylation sites (tertiary alicyclic amines) is 2. The van der Waals surface area contributed by atoms with Crippen LogP contribution in [0.2, 0.25) is 5.02 Å². The number of fused-ring (bicyclic) bond motifs is 1. The molecular weight excluding hydrogens is 362 g/mol. The van der Waals surface area contributed by atoms with Gasteiger partial charge in [0, 0.05) is 24.5 Å². The van der Waals surface area contributed by atoms with Gasteiger partial charge in [-0.15, -0.1) is 0 Å². The summed E-state index contributed by atoms with van der Waals surface area (Å²) < 4.78 is 0. The first-order valence-corrected chi connectivity index (χ1v) is 10.4. The zero-order chi connectivity index (χ0) is 18.8. The third-order valence-corrected chi connectivity index (χ3v) is 6.31. The van der Waals surface area contributed by atoms with Crippen molar-refractivity contribution in [2.75, 3.05) is 26.2 Å². The molecule has 0 spiro atoms. The number of piperidine rings is 2. The van der Waals surface area contributed by atoms with Gasteiger partial charge in [0.15, 0.2) is 0 Å². The molecule has 1 amide bonds. The number of nitrogens with zero attached hydrogens (tertiary/aromatic N) is 3. The van der Waals surface area contributed by atoms with Gasteiger partial charge < -0.3 is 15.5 Å². The predicted octanol–water partition coefficient (Wildman–Crippen LogP) is 2.56. The van der Waals surface area contributed by atoms with E-state index in [-0.39, 0.29) is 5.91 Å². The Hall–Kier alpha value is -1.63. The average Bonchev–Trinajstić information content (AvgIpc) is 3.17. The first-order valence-electron chi connectivity index (χ1n) is 10.0. The molecule has 1 atom stereocenters. The van der Waals surface area contributed by atoms with E-state index in [1.165, 1.54) is 32.4 Å². The highest BCUT2D eigenvalue weighted by Crippen LogP contribution is 2.25. The van der Waals surface area contributed by atoms with Crippen LogP contribution in [0.4, 0.5) is 0 Å². The molecule has 27 heavy (non-hydrogen) atoms. The van der Waals surface area contributed by atoms with Crippen LogP contribution in [0.25, 0.3) is 10.9 Å². The first-order chi connectivity index (χ1) is 13.1. The molecule has 6 nitrogen and oxygen atoms in total. The lowest BCUT2D eigenvalue weighted by molar-refractivity contribution is -0.134. The van der Waals surface area contributed by atoms with E-state index in [2.05, 4.69) is 15.1 Å². The van der Waals surface area contributed by atoms with E-state index in [1.807, 2.05) is 17.0 Å². The molecule has 2 aliphatic heterocycles. The molecule has 1 aromatic heterocycles. The van der Waals surface area contributed by atoms with Gasteiger partial charge in [-0.3, -0.25) is 9.89 Å². The summed E-state index contributed by atoms with van der Waals surface area (Å²) in [5.74, 6) is 0.0514. The summed E-state index contributed by atoms with van der Waals surface area (Å²) in [6.07, 6.45) is 8.34. The SMILES string of the molecule is NC(Cc1cc(Cl)c2[nH]ncc2c1)C(=O)N1CCC(N2CCCCC2)CC1.